The molecule has 114 valence electrons. The molecule has 5 heteroatoms. The Labute approximate surface area is 122 Å². The van der Waals surface area contributed by atoms with Gasteiger partial charge in [-0.3, -0.25) is 0 Å². The van der Waals surface area contributed by atoms with Crippen molar-refractivity contribution in [2.75, 3.05) is 25.2 Å². The van der Waals surface area contributed by atoms with Gasteiger partial charge in [-0.25, -0.2) is 8.42 Å². The maximum Gasteiger partial charge on any atom is 0.150 e. The maximum atomic E-state index is 11.4. The zero-order valence-electron chi connectivity index (χ0n) is 12.8. The Balaban J connectivity index is 2.60. The maximum absolute atomic E-state index is 11.4. The van der Waals surface area contributed by atoms with Crippen LogP contribution in [0.5, 0.6) is 5.75 Å². The van der Waals surface area contributed by atoms with Gasteiger partial charge in [0.15, 0.2) is 0 Å². The monoisotopic (exact) mass is 299 g/mol. The molecule has 4 nitrogen and oxygen atoms in total. The van der Waals surface area contributed by atoms with Crippen LogP contribution in [0, 0.1) is 13.8 Å². The van der Waals surface area contributed by atoms with Crippen molar-refractivity contribution < 1.29 is 13.2 Å². The molecular weight excluding hydrogens is 274 g/mol. The molecule has 0 aromatic heterocycles. The van der Waals surface area contributed by atoms with Crippen molar-refractivity contribution in [1.29, 1.82) is 0 Å². The minimum atomic E-state index is -2.90. The van der Waals surface area contributed by atoms with Crippen LogP contribution in [0.15, 0.2) is 12.1 Å². The summed E-state index contributed by atoms with van der Waals surface area (Å²) >= 11 is 0. The van der Waals surface area contributed by atoms with E-state index in [2.05, 4.69) is 17.4 Å². The smallest absolute Gasteiger partial charge is 0.150 e. The van der Waals surface area contributed by atoms with Crippen molar-refractivity contribution in [1.82, 2.24) is 5.32 Å². The van der Waals surface area contributed by atoms with Gasteiger partial charge in [-0.15, -0.1) is 0 Å². The minimum Gasteiger partial charge on any atom is -0.493 e. The lowest BCUT2D eigenvalue weighted by Gasteiger charge is -2.14. The molecule has 1 N–H and O–H groups in total. The summed E-state index contributed by atoms with van der Waals surface area (Å²) in [5.41, 5.74) is 3.41. The predicted molar refractivity (Wildman–Crippen MR) is 83.1 cm³/mol. The largest absolute Gasteiger partial charge is 0.493 e. The number of rotatable bonds is 8. The van der Waals surface area contributed by atoms with Crippen LogP contribution in [0.4, 0.5) is 0 Å². The first-order valence-electron chi connectivity index (χ1n) is 6.97. The Hall–Kier alpha value is -1.07. The molecule has 1 aromatic rings. The number of hydrogen-bond donors (Lipinski definition) is 1. The molecule has 0 unspecified atom stereocenters. The summed E-state index contributed by atoms with van der Waals surface area (Å²) < 4.78 is 28.6. The van der Waals surface area contributed by atoms with Gasteiger partial charge in [0.25, 0.3) is 0 Å². The Morgan fingerprint density at radius 2 is 1.80 bits per heavy atom. The van der Waals surface area contributed by atoms with Gasteiger partial charge in [0, 0.05) is 12.3 Å². The number of nitrogens with one attached hydrogen (secondary N) is 1. The lowest BCUT2D eigenvalue weighted by Crippen LogP contribution is -2.12. The lowest BCUT2D eigenvalue weighted by atomic mass is 10.1. The predicted octanol–water partition coefficient (Wildman–Crippen LogP) is 2.23. The van der Waals surface area contributed by atoms with Crippen molar-refractivity contribution in [3.05, 3.63) is 28.8 Å². The van der Waals surface area contributed by atoms with Gasteiger partial charge in [0.1, 0.15) is 15.6 Å². The highest BCUT2D eigenvalue weighted by Gasteiger charge is 2.09. The van der Waals surface area contributed by atoms with Crippen LogP contribution in [0.25, 0.3) is 0 Å². The van der Waals surface area contributed by atoms with E-state index in [0.717, 1.165) is 23.4 Å². The normalized spacial score (nSPS) is 11.6. The zero-order valence-corrected chi connectivity index (χ0v) is 13.6. The van der Waals surface area contributed by atoms with Crippen molar-refractivity contribution in [3.8, 4) is 5.75 Å². The first-order chi connectivity index (χ1) is 9.39. The third kappa shape index (κ3) is 5.13. The highest BCUT2D eigenvalue weighted by atomic mass is 32.2. The van der Waals surface area contributed by atoms with E-state index in [1.54, 1.807) is 6.92 Å². The molecule has 1 aromatic carbocycles. The van der Waals surface area contributed by atoms with E-state index in [4.69, 9.17) is 4.74 Å². The number of hydrogen-bond acceptors (Lipinski definition) is 4. The number of aryl methyl sites for hydroxylation is 2. The number of sulfone groups is 1. The van der Waals surface area contributed by atoms with E-state index in [9.17, 15) is 8.42 Å². The molecule has 0 radical (unpaired) electrons. The fourth-order valence-electron chi connectivity index (χ4n) is 2.17. The van der Waals surface area contributed by atoms with Crippen LogP contribution in [0.1, 0.15) is 30.0 Å². The average molecular weight is 299 g/mol. The first-order valence-corrected chi connectivity index (χ1v) is 8.79. The highest BCUT2D eigenvalue weighted by molar-refractivity contribution is 7.91. The third-order valence-corrected chi connectivity index (χ3v) is 4.98. The van der Waals surface area contributed by atoms with Gasteiger partial charge in [-0.05, 0) is 44.0 Å². The van der Waals surface area contributed by atoms with E-state index in [1.807, 2.05) is 20.9 Å². The number of ether oxygens (including phenoxy) is 1. The zero-order chi connectivity index (χ0) is 15.2. The molecule has 0 aliphatic carbocycles. The van der Waals surface area contributed by atoms with Crippen LogP contribution in [0.2, 0.25) is 0 Å². The highest BCUT2D eigenvalue weighted by Crippen LogP contribution is 2.25. The first kappa shape index (κ1) is 17.0. The summed E-state index contributed by atoms with van der Waals surface area (Å²) in [5.74, 6) is 1.27. The molecule has 0 saturated carbocycles. The SMILES string of the molecule is CCS(=O)(=O)CCCOc1c(C)cc(CNC)cc1C. The topological polar surface area (TPSA) is 55.4 Å². The average Bonchev–Trinajstić information content (AvgIpc) is 2.37. The van der Waals surface area contributed by atoms with Crippen LogP contribution in [-0.4, -0.2) is 33.6 Å². The minimum absolute atomic E-state index is 0.194. The molecule has 1 rings (SSSR count). The Morgan fingerprint density at radius 3 is 2.30 bits per heavy atom. The van der Waals surface area contributed by atoms with E-state index in [0.29, 0.717) is 13.0 Å². The van der Waals surface area contributed by atoms with E-state index >= 15 is 0 Å². The summed E-state index contributed by atoms with van der Waals surface area (Å²) in [6, 6.07) is 4.20. The summed E-state index contributed by atoms with van der Waals surface area (Å²) in [4.78, 5) is 0. The molecule has 0 saturated heterocycles. The third-order valence-electron chi connectivity index (χ3n) is 3.19. The quantitative estimate of drug-likeness (QED) is 0.748. The summed E-state index contributed by atoms with van der Waals surface area (Å²) in [6.07, 6.45) is 0.535. The summed E-state index contributed by atoms with van der Waals surface area (Å²) in [6.45, 7) is 6.97. The van der Waals surface area contributed by atoms with Gasteiger partial charge < -0.3 is 10.1 Å². The second-order valence-electron chi connectivity index (χ2n) is 5.03. The molecule has 0 aliphatic heterocycles. The van der Waals surface area contributed by atoms with Crippen molar-refractivity contribution >= 4 is 9.84 Å². The Kier molecular flexibility index (Phi) is 6.49. The van der Waals surface area contributed by atoms with Crippen molar-refractivity contribution in [2.24, 2.45) is 0 Å². The molecular formula is C15H25NO3S. The fourth-order valence-corrected chi connectivity index (χ4v) is 3.02. The second kappa shape index (κ2) is 7.64. The van der Waals surface area contributed by atoms with E-state index in [-0.39, 0.29) is 11.5 Å². The van der Waals surface area contributed by atoms with Crippen LogP contribution in [-0.2, 0) is 16.4 Å². The van der Waals surface area contributed by atoms with Gasteiger partial charge in [0.05, 0.1) is 12.4 Å². The van der Waals surface area contributed by atoms with Crippen LogP contribution in [0.3, 0.4) is 0 Å². The van der Waals surface area contributed by atoms with Gasteiger partial charge in [-0.1, -0.05) is 19.1 Å². The van der Waals surface area contributed by atoms with Crippen LogP contribution >= 0.6 is 0 Å². The van der Waals surface area contributed by atoms with E-state index < -0.39 is 9.84 Å². The standard InChI is InChI=1S/C15H25NO3S/c1-5-20(17,18)8-6-7-19-15-12(2)9-14(11-16-4)10-13(15)3/h9-10,16H,5-8,11H2,1-4H3. The van der Waals surface area contributed by atoms with Gasteiger partial charge >= 0.3 is 0 Å². The lowest BCUT2D eigenvalue weighted by molar-refractivity contribution is 0.313. The summed E-state index contributed by atoms with van der Waals surface area (Å²) in [7, 11) is -0.977. The molecule has 0 spiro atoms. The molecule has 0 amide bonds. The van der Waals surface area contributed by atoms with E-state index in [1.165, 1.54) is 5.56 Å². The second-order valence-corrected chi connectivity index (χ2v) is 7.50. The van der Waals surface area contributed by atoms with Crippen molar-refractivity contribution in [2.45, 2.75) is 33.7 Å². The van der Waals surface area contributed by atoms with Crippen molar-refractivity contribution in [3.63, 3.8) is 0 Å². The molecule has 0 fully saturated rings. The molecule has 0 heterocycles. The van der Waals surface area contributed by atoms with Gasteiger partial charge in [0.2, 0.25) is 0 Å². The molecule has 20 heavy (non-hydrogen) atoms. The molecule has 0 bridgehead atoms. The number of benzene rings is 1. The Morgan fingerprint density at radius 1 is 1.20 bits per heavy atom. The fraction of sp³-hybridized carbons (Fsp3) is 0.600. The summed E-state index contributed by atoms with van der Waals surface area (Å²) in [5, 5.41) is 3.13. The Bertz CT molecular complexity index is 515. The molecule has 0 atom stereocenters. The van der Waals surface area contributed by atoms with Gasteiger partial charge in [-0.2, -0.15) is 0 Å². The molecule has 0 aliphatic rings. The van der Waals surface area contributed by atoms with Crippen LogP contribution < -0.4 is 10.1 Å².